The molecule has 0 heterocycles. The van der Waals surface area contributed by atoms with Crippen LogP contribution in [-0.4, -0.2) is 35.9 Å². The molecule has 0 aromatic heterocycles. The topological polar surface area (TPSA) is 58.6 Å². The predicted octanol–water partition coefficient (Wildman–Crippen LogP) is 4.58. The van der Waals surface area contributed by atoms with Crippen LogP contribution in [0.1, 0.15) is 19.4 Å². The van der Waals surface area contributed by atoms with Crippen molar-refractivity contribution in [2.24, 2.45) is 0 Å². The molecule has 0 fully saturated rings. The third-order valence-corrected chi connectivity index (χ3v) is 5.09. The van der Waals surface area contributed by atoms with Gasteiger partial charge in [-0.1, -0.05) is 53.0 Å². The Kier molecular flexibility index (Phi) is 8.42. The summed E-state index contributed by atoms with van der Waals surface area (Å²) in [6, 6.07) is 11.3. The van der Waals surface area contributed by atoms with Crippen LogP contribution in [0.3, 0.4) is 0 Å². The van der Waals surface area contributed by atoms with Crippen LogP contribution in [0.4, 0.5) is 0 Å². The Balaban J connectivity index is 2.18. The molecule has 2 aromatic carbocycles. The molecule has 28 heavy (non-hydrogen) atoms. The van der Waals surface area contributed by atoms with Crippen LogP contribution in [-0.2, 0) is 16.1 Å². The first-order valence-electron chi connectivity index (χ1n) is 8.72. The van der Waals surface area contributed by atoms with Crippen molar-refractivity contribution in [2.75, 3.05) is 13.2 Å². The number of halogens is 3. The number of ether oxygens (including phenoxy) is 1. The molecule has 2 rings (SSSR count). The van der Waals surface area contributed by atoms with Crippen molar-refractivity contribution in [1.29, 1.82) is 0 Å². The molecule has 0 spiro atoms. The van der Waals surface area contributed by atoms with Gasteiger partial charge in [0.25, 0.3) is 5.91 Å². The number of amides is 2. The first kappa shape index (κ1) is 22.3. The highest BCUT2D eigenvalue weighted by Crippen LogP contribution is 2.25. The number of nitrogens with one attached hydrogen (secondary N) is 1. The van der Waals surface area contributed by atoms with Crippen LogP contribution in [0.5, 0.6) is 5.75 Å². The van der Waals surface area contributed by atoms with E-state index in [4.69, 9.17) is 39.5 Å². The quantitative estimate of drug-likeness (QED) is 0.650. The Labute approximate surface area is 179 Å². The highest BCUT2D eigenvalue weighted by Gasteiger charge is 2.26. The van der Waals surface area contributed by atoms with Crippen molar-refractivity contribution in [3.63, 3.8) is 0 Å². The molecule has 0 saturated carbocycles. The van der Waals surface area contributed by atoms with Gasteiger partial charge in [0, 0.05) is 13.1 Å². The minimum absolute atomic E-state index is 0.180. The lowest BCUT2D eigenvalue weighted by Gasteiger charge is -2.28. The van der Waals surface area contributed by atoms with Crippen molar-refractivity contribution < 1.29 is 14.3 Å². The first-order valence-corrected chi connectivity index (χ1v) is 9.85. The number of nitrogens with zero attached hydrogens (tertiary/aromatic N) is 1. The van der Waals surface area contributed by atoms with E-state index >= 15 is 0 Å². The van der Waals surface area contributed by atoms with Crippen molar-refractivity contribution in [3.8, 4) is 5.75 Å². The van der Waals surface area contributed by atoms with Gasteiger partial charge >= 0.3 is 0 Å². The molecule has 2 aromatic rings. The van der Waals surface area contributed by atoms with Crippen LogP contribution < -0.4 is 10.1 Å². The number of carbonyl (C=O) groups is 2. The Bertz CT molecular complexity index is 845. The van der Waals surface area contributed by atoms with E-state index in [0.29, 0.717) is 27.4 Å². The Morgan fingerprint density at radius 3 is 2.43 bits per heavy atom. The van der Waals surface area contributed by atoms with E-state index in [1.54, 1.807) is 49.4 Å². The Morgan fingerprint density at radius 1 is 1.07 bits per heavy atom. The van der Waals surface area contributed by atoms with E-state index in [2.05, 4.69) is 5.32 Å². The summed E-state index contributed by atoms with van der Waals surface area (Å²) in [5.74, 6) is -0.212. The second-order valence-corrected chi connectivity index (χ2v) is 7.28. The summed E-state index contributed by atoms with van der Waals surface area (Å²) in [5.41, 5.74) is 0.747. The molecular weight excluding hydrogens is 423 g/mol. The zero-order valence-electron chi connectivity index (χ0n) is 15.5. The van der Waals surface area contributed by atoms with Crippen molar-refractivity contribution in [1.82, 2.24) is 10.2 Å². The van der Waals surface area contributed by atoms with Gasteiger partial charge in [0.15, 0.2) is 6.61 Å². The molecule has 1 atom stereocenters. The van der Waals surface area contributed by atoms with E-state index in [0.717, 1.165) is 5.56 Å². The highest BCUT2D eigenvalue weighted by atomic mass is 35.5. The minimum atomic E-state index is -0.697. The van der Waals surface area contributed by atoms with Crippen molar-refractivity contribution >= 4 is 46.6 Å². The summed E-state index contributed by atoms with van der Waals surface area (Å²) in [7, 11) is 0. The SMILES string of the molecule is CCNC(=O)[C@@H](C)N(Cc1ccc(Cl)c(Cl)c1)C(=O)COc1ccccc1Cl. The number of hydrogen-bond donors (Lipinski definition) is 1. The smallest absolute Gasteiger partial charge is 0.261 e. The van der Waals surface area contributed by atoms with Crippen molar-refractivity contribution in [2.45, 2.75) is 26.4 Å². The lowest BCUT2D eigenvalue weighted by Crippen LogP contribution is -2.49. The van der Waals surface area contributed by atoms with Gasteiger partial charge in [-0.15, -0.1) is 0 Å². The molecule has 0 radical (unpaired) electrons. The zero-order valence-corrected chi connectivity index (χ0v) is 17.8. The molecule has 5 nitrogen and oxygen atoms in total. The lowest BCUT2D eigenvalue weighted by molar-refractivity contribution is -0.142. The van der Waals surface area contributed by atoms with Gasteiger partial charge in [-0.3, -0.25) is 9.59 Å². The number of hydrogen-bond acceptors (Lipinski definition) is 3. The maximum atomic E-state index is 12.9. The molecular formula is C20H21Cl3N2O3. The summed E-state index contributed by atoms with van der Waals surface area (Å²) < 4.78 is 5.55. The summed E-state index contributed by atoms with van der Waals surface area (Å²) in [6.45, 7) is 3.87. The number of para-hydroxylation sites is 1. The number of carbonyl (C=O) groups excluding carboxylic acids is 2. The molecule has 0 aliphatic heterocycles. The van der Waals surface area contributed by atoms with Crippen LogP contribution in [0.2, 0.25) is 15.1 Å². The molecule has 0 aliphatic rings. The highest BCUT2D eigenvalue weighted by molar-refractivity contribution is 6.42. The van der Waals surface area contributed by atoms with Gasteiger partial charge in [-0.2, -0.15) is 0 Å². The Hall–Kier alpha value is -1.95. The number of rotatable bonds is 8. The average Bonchev–Trinajstić information content (AvgIpc) is 2.67. The first-order chi connectivity index (χ1) is 13.3. The van der Waals surface area contributed by atoms with E-state index < -0.39 is 6.04 Å². The van der Waals surface area contributed by atoms with Crippen LogP contribution in [0, 0.1) is 0 Å². The summed E-state index contributed by atoms with van der Waals surface area (Å²) >= 11 is 18.1. The summed E-state index contributed by atoms with van der Waals surface area (Å²) in [6.07, 6.45) is 0. The van der Waals surface area contributed by atoms with Crippen LogP contribution in [0.25, 0.3) is 0 Å². The predicted molar refractivity (Wildman–Crippen MR) is 112 cm³/mol. The summed E-state index contributed by atoms with van der Waals surface area (Å²) in [5, 5.41) is 3.93. The molecule has 2 amide bonds. The third-order valence-electron chi connectivity index (χ3n) is 4.04. The maximum Gasteiger partial charge on any atom is 0.261 e. The molecule has 0 unspecified atom stereocenters. The molecule has 0 saturated heterocycles. The largest absolute Gasteiger partial charge is 0.482 e. The van der Waals surface area contributed by atoms with E-state index in [9.17, 15) is 9.59 Å². The third kappa shape index (κ3) is 6.03. The maximum absolute atomic E-state index is 12.9. The normalized spacial score (nSPS) is 11.6. The van der Waals surface area contributed by atoms with Crippen LogP contribution >= 0.6 is 34.8 Å². The number of benzene rings is 2. The van der Waals surface area contributed by atoms with Gasteiger partial charge in [-0.25, -0.2) is 0 Å². The Morgan fingerprint density at radius 2 is 1.79 bits per heavy atom. The standard InChI is InChI=1S/C20H21Cl3N2O3/c1-3-24-20(27)13(2)25(11-14-8-9-15(21)17(23)10-14)19(26)12-28-18-7-5-4-6-16(18)22/h4-10,13H,3,11-12H2,1-2H3,(H,24,27)/t13-/m1/s1. The lowest BCUT2D eigenvalue weighted by atomic mass is 10.1. The van der Waals surface area contributed by atoms with Gasteiger partial charge in [-0.05, 0) is 43.7 Å². The summed E-state index contributed by atoms with van der Waals surface area (Å²) in [4.78, 5) is 26.6. The second-order valence-electron chi connectivity index (χ2n) is 6.06. The monoisotopic (exact) mass is 442 g/mol. The van der Waals surface area contributed by atoms with E-state index in [1.807, 2.05) is 6.92 Å². The zero-order chi connectivity index (χ0) is 20.7. The van der Waals surface area contributed by atoms with E-state index in [-0.39, 0.29) is 25.0 Å². The fourth-order valence-corrected chi connectivity index (χ4v) is 3.03. The fourth-order valence-electron chi connectivity index (χ4n) is 2.52. The van der Waals surface area contributed by atoms with Crippen LogP contribution in [0.15, 0.2) is 42.5 Å². The molecule has 8 heteroatoms. The minimum Gasteiger partial charge on any atom is -0.482 e. The van der Waals surface area contributed by atoms with Gasteiger partial charge < -0.3 is 15.0 Å². The van der Waals surface area contributed by atoms with Gasteiger partial charge in [0.1, 0.15) is 11.8 Å². The van der Waals surface area contributed by atoms with E-state index in [1.165, 1.54) is 4.90 Å². The fraction of sp³-hybridized carbons (Fsp3) is 0.300. The average molecular weight is 444 g/mol. The van der Waals surface area contributed by atoms with Gasteiger partial charge in [0.2, 0.25) is 5.91 Å². The molecule has 0 aliphatic carbocycles. The molecule has 0 bridgehead atoms. The molecule has 150 valence electrons. The number of likely N-dealkylation sites (N-methyl/N-ethyl adjacent to an activating group) is 1. The molecule has 1 N–H and O–H groups in total. The second kappa shape index (κ2) is 10.6. The van der Waals surface area contributed by atoms with Gasteiger partial charge in [0.05, 0.1) is 15.1 Å². The van der Waals surface area contributed by atoms with Crippen molar-refractivity contribution in [3.05, 3.63) is 63.1 Å².